The third-order valence-corrected chi connectivity index (χ3v) is 7.96. The molecule has 1 amide bonds. The minimum absolute atomic E-state index is 0.0969. The predicted octanol–water partition coefficient (Wildman–Crippen LogP) is 7.35. The summed E-state index contributed by atoms with van der Waals surface area (Å²) < 4.78 is 49.7. The van der Waals surface area contributed by atoms with Gasteiger partial charge in [0.2, 0.25) is 0 Å². The molecule has 10 heteroatoms. The molecular weight excluding hydrogens is 569 g/mol. The summed E-state index contributed by atoms with van der Waals surface area (Å²) >= 11 is 0. The summed E-state index contributed by atoms with van der Waals surface area (Å²) in [6.45, 7) is 5.63. The molecule has 242 valence electrons. The minimum atomic E-state index is -4.56. The number of hydrogen-bond acceptors (Lipinski definition) is 6. The quantitative estimate of drug-likeness (QED) is 0.168. The van der Waals surface area contributed by atoms with Gasteiger partial charge in [-0.3, -0.25) is 4.79 Å². The van der Waals surface area contributed by atoms with Gasteiger partial charge in [0.15, 0.2) is 0 Å². The molecule has 3 rings (SSSR count). The molecule has 3 aliphatic carbocycles. The molecule has 0 aromatic rings. The number of methoxy groups -OCH3 is 2. The molecule has 0 aromatic heterocycles. The van der Waals surface area contributed by atoms with Crippen molar-refractivity contribution in [1.29, 1.82) is 5.41 Å². The molecule has 7 nitrogen and oxygen atoms in total. The van der Waals surface area contributed by atoms with Crippen molar-refractivity contribution in [3.05, 3.63) is 81.8 Å². The zero-order chi connectivity index (χ0) is 32.3. The molecule has 0 bridgehead atoms. The maximum atomic E-state index is 13.0. The highest BCUT2D eigenvalue weighted by Crippen LogP contribution is 2.33. The zero-order valence-corrected chi connectivity index (χ0v) is 26.6. The van der Waals surface area contributed by atoms with Gasteiger partial charge < -0.3 is 30.4 Å². The zero-order valence-electron chi connectivity index (χ0n) is 26.6. The molecule has 0 heterocycles. The van der Waals surface area contributed by atoms with E-state index in [0.717, 1.165) is 61.2 Å². The number of halogens is 3. The SMILES string of the molecule is CC/C(C)=C\N(C1=CC(OC)=C(C(=O)NCC(F)(F)F)C(OC)=CC1)C1=C/C=C(/CC(C=N)CCNC2CC2)CC\C=C\1C. The van der Waals surface area contributed by atoms with Crippen LogP contribution in [0.5, 0.6) is 0 Å². The first-order valence-corrected chi connectivity index (χ1v) is 15.3. The molecular formula is C34H47F3N4O3. The third kappa shape index (κ3) is 10.6. The van der Waals surface area contributed by atoms with Crippen molar-refractivity contribution in [1.82, 2.24) is 15.5 Å². The third-order valence-electron chi connectivity index (χ3n) is 7.96. The number of carbonyl (C=O) groups is 1. The number of hydrogen-bond donors (Lipinski definition) is 3. The lowest BCUT2D eigenvalue weighted by Gasteiger charge is -2.28. The van der Waals surface area contributed by atoms with E-state index in [1.54, 1.807) is 18.4 Å². The molecule has 1 unspecified atom stereocenters. The van der Waals surface area contributed by atoms with E-state index < -0.39 is 18.6 Å². The van der Waals surface area contributed by atoms with E-state index in [-0.39, 0.29) is 23.0 Å². The van der Waals surface area contributed by atoms with Gasteiger partial charge in [0.1, 0.15) is 23.6 Å². The van der Waals surface area contributed by atoms with Crippen LogP contribution in [0.1, 0.15) is 72.1 Å². The molecule has 0 radical (unpaired) electrons. The minimum Gasteiger partial charge on any atom is -0.496 e. The van der Waals surface area contributed by atoms with Gasteiger partial charge in [0.25, 0.3) is 5.91 Å². The molecule has 3 aliphatic rings. The lowest BCUT2D eigenvalue weighted by Crippen LogP contribution is -2.35. The Kier molecular flexibility index (Phi) is 13.1. The molecule has 1 atom stereocenters. The number of carbonyl (C=O) groups excluding carboxylic acids is 1. The number of alkyl halides is 3. The van der Waals surface area contributed by atoms with Crippen LogP contribution in [-0.4, -0.2) is 56.5 Å². The van der Waals surface area contributed by atoms with Crippen LogP contribution in [-0.2, 0) is 14.3 Å². The predicted molar refractivity (Wildman–Crippen MR) is 168 cm³/mol. The molecule has 0 spiro atoms. The van der Waals surface area contributed by atoms with Crippen LogP contribution in [0.15, 0.2) is 81.8 Å². The highest BCUT2D eigenvalue weighted by molar-refractivity contribution is 5.98. The van der Waals surface area contributed by atoms with Gasteiger partial charge in [0.05, 0.1) is 14.2 Å². The van der Waals surface area contributed by atoms with E-state index >= 15 is 0 Å². The Morgan fingerprint density at radius 2 is 1.95 bits per heavy atom. The van der Waals surface area contributed by atoms with Crippen LogP contribution in [0.2, 0.25) is 0 Å². The van der Waals surface area contributed by atoms with Crippen molar-refractivity contribution in [3.63, 3.8) is 0 Å². The number of rotatable bonds is 15. The highest BCUT2D eigenvalue weighted by atomic mass is 19.4. The summed E-state index contributed by atoms with van der Waals surface area (Å²) in [4.78, 5) is 15.0. The Morgan fingerprint density at radius 1 is 1.20 bits per heavy atom. The monoisotopic (exact) mass is 616 g/mol. The van der Waals surface area contributed by atoms with E-state index in [1.807, 2.05) is 12.2 Å². The number of amides is 1. The number of allylic oxidation sites excluding steroid dienone is 8. The van der Waals surface area contributed by atoms with Crippen molar-refractivity contribution < 1.29 is 27.4 Å². The van der Waals surface area contributed by atoms with Crippen molar-refractivity contribution >= 4 is 12.1 Å². The van der Waals surface area contributed by atoms with Gasteiger partial charge in [0, 0.05) is 36.1 Å². The van der Waals surface area contributed by atoms with E-state index in [0.29, 0.717) is 12.5 Å². The van der Waals surface area contributed by atoms with E-state index in [2.05, 4.69) is 48.5 Å². The molecule has 0 aliphatic heterocycles. The molecule has 0 aromatic carbocycles. The van der Waals surface area contributed by atoms with Gasteiger partial charge in [-0.1, -0.05) is 30.2 Å². The largest absolute Gasteiger partial charge is 0.496 e. The number of nitrogens with one attached hydrogen (secondary N) is 3. The summed E-state index contributed by atoms with van der Waals surface area (Å²) in [6, 6.07) is 0.651. The average Bonchev–Trinajstić information content (AvgIpc) is 3.83. The Labute approximate surface area is 259 Å². The molecule has 3 N–H and O–H groups in total. The second-order valence-electron chi connectivity index (χ2n) is 11.5. The summed E-state index contributed by atoms with van der Waals surface area (Å²) in [5, 5.41) is 13.5. The van der Waals surface area contributed by atoms with Crippen LogP contribution >= 0.6 is 0 Å². The number of nitrogens with zero attached hydrogens (tertiary/aromatic N) is 1. The summed E-state index contributed by atoms with van der Waals surface area (Å²) in [5.74, 6) is -0.515. The first kappa shape index (κ1) is 35.0. The Hall–Kier alpha value is -3.53. The maximum Gasteiger partial charge on any atom is 0.405 e. The van der Waals surface area contributed by atoms with Gasteiger partial charge in [-0.15, -0.1) is 0 Å². The Morgan fingerprint density at radius 3 is 2.57 bits per heavy atom. The fraction of sp³-hybridized carbons (Fsp3) is 0.529. The fourth-order valence-electron chi connectivity index (χ4n) is 5.10. The summed E-state index contributed by atoms with van der Waals surface area (Å²) in [7, 11) is 2.76. The van der Waals surface area contributed by atoms with Crippen molar-refractivity contribution in [2.45, 2.75) is 84.4 Å². The first-order chi connectivity index (χ1) is 21.0. The molecule has 1 saturated carbocycles. The van der Waals surface area contributed by atoms with Gasteiger partial charge >= 0.3 is 6.18 Å². The summed E-state index contributed by atoms with van der Waals surface area (Å²) in [5.41, 5.74) is 5.07. The van der Waals surface area contributed by atoms with Crippen LogP contribution in [0, 0.1) is 11.3 Å². The van der Waals surface area contributed by atoms with Crippen LogP contribution in [0.3, 0.4) is 0 Å². The lowest BCUT2D eigenvalue weighted by atomic mass is 9.92. The fourth-order valence-corrected chi connectivity index (χ4v) is 5.10. The molecule has 1 fully saturated rings. The lowest BCUT2D eigenvalue weighted by molar-refractivity contribution is -0.136. The maximum absolute atomic E-state index is 13.0. The average molecular weight is 617 g/mol. The standard InChI is InChI=1S/C34H47F3N4O3/c1-6-23(2)21-41(28-13-15-30(43-4)32(31(19-28)44-5)33(42)40-22-34(35,36)37)29-14-10-25(9-7-8-24(29)3)18-26(20-38)16-17-39-27-11-12-27/h8,10,14-15,19-21,26-27,38-39H,6-7,9,11-13,16-18,22H2,1-5H3,(H,40,42)/b23-21-,24-8+,25-10+,29-14+,38-20?. The van der Waals surface area contributed by atoms with Crippen LogP contribution in [0.25, 0.3) is 0 Å². The Balaban J connectivity index is 2.01. The first-order valence-electron chi connectivity index (χ1n) is 15.3. The van der Waals surface area contributed by atoms with Crippen molar-refractivity contribution in [3.8, 4) is 0 Å². The van der Waals surface area contributed by atoms with Crippen LogP contribution in [0.4, 0.5) is 13.2 Å². The van der Waals surface area contributed by atoms with E-state index in [1.165, 1.54) is 32.6 Å². The normalized spacial score (nSPS) is 22.4. The van der Waals surface area contributed by atoms with Gasteiger partial charge in [-0.25, -0.2) is 0 Å². The smallest absolute Gasteiger partial charge is 0.405 e. The Bertz CT molecular complexity index is 1270. The summed E-state index contributed by atoms with van der Waals surface area (Å²) in [6.07, 6.45) is 16.1. The van der Waals surface area contributed by atoms with Crippen LogP contribution < -0.4 is 10.6 Å². The molecule has 44 heavy (non-hydrogen) atoms. The van der Waals surface area contributed by atoms with Crippen molar-refractivity contribution in [2.75, 3.05) is 27.3 Å². The second-order valence-corrected chi connectivity index (χ2v) is 11.5. The van der Waals surface area contributed by atoms with Gasteiger partial charge in [-0.05, 0) is 95.2 Å². The van der Waals surface area contributed by atoms with E-state index in [4.69, 9.17) is 14.9 Å². The van der Waals surface area contributed by atoms with Crippen molar-refractivity contribution in [2.24, 2.45) is 5.92 Å². The number of ether oxygens (including phenoxy) is 2. The molecule has 0 saturated heterocycles. The topological polar surface area (TPSA) is 86.7 Å². The van der Waals surface area contributed by atoms with E-state index in [9.17, 15) is 18.0 Å². The highest BCUT2D eigenvalue weighted by Gasteiger charge is 2.31. The second kappa shape index (κ2) is 16.5. The van der Waals surface area contributed by atoms with Gasteiger partial charge in [-0.2, -0.15) is 13.2 Å².